The number of rotatable bonds is 6. The summed E-state index contributed by atoms with van der Waals surface area (Å²) in [6.07, 6.45) is -1.00. The first-order chi connectivity index (χ1) is 13.0. The van der Waals surface area contributed by atoms with Gasteiger partial charge in [-0.1, -0.05) is 30.3 Å². The Kier molecular flexibility index (Phi) is 5.45. The predicted molar refractivity (Wildman–Crippen MR) is 102 cm³/mol. The number of esters is 1. The Hall–Kier alpha value is -3.28. The third kappa shape index (κ3) is 3.95. The largest absolute Gasteiger partial charge is 0.492 e. The van der Waals surface area contributed by atoms with Gasteiger partial charge < -0.3 is 19.2 Å². The molecular formula is C21H21NO5. The van der Waals surface area contributed by atoms with Crippen molar-refractivity contribution in [2.45, 2.75) is 26.9 Å². The van der Waals surface area contributed by atoms with E-state index in [1.807, 2.05) is 31.2 Å². The standard InChI is InChI=1S/C21H21NO5/c1-4-25-18-12-8-6-10-16(18)22-20(23)14(3)26-21(24)19-13(2)15-9-5-7-11-17(15)27-19/h5-12,14H,4H2,1-3H3,(H,22,23). The summed E-state index contributed by atoms with van der Waals surface area (Å²) in [6, 6.07) is 14.4. The van der Waals surface area contributed by atoms with E-state index < -0.39 is 18.0 Å². The molecule has 3 rings (SSSR count). The van der Waals surface area contributed by atoms with Crippen LogP contribution in [-0.4, -0.2) is 24.6 Å². The second-order valence-corrected chi connectivity index (χ2v) is 6.02. The Morgan fingerprint density at radius 3 is 2.56 bits per heavy atom. The van der Waals surface area contributed by atoms with Gasteiger partial charge in [-0.15, -0.1) is 0 Å². The molecule has 0 saturated carbocycles. The van der Waals surface area contributed by atoms with Crippen LogP contribution in [0.2, 0.25) is 0 Å². The molecule has 1 amide bonds. The van der Waals surface area contributed by atoms with E-state index in [-0.39, 0.29) is 5.76 Å². The number of hydrogen-bond donors (Lipinski definition) is 1. The minimum Gasteiger partial charge on any atom is -0.492 e. The van der Waals surface area contributed by atoms with Crippen LogP contribution in [0.1, 0.15) is 30.0 Å². The number of benzene rings is 2. The zero-order chi connectivity index (χ0) is 19.4. The lowest BCUT2D eigenvalue weighted by Gasteiger charge is -2.15. The number of carbonyl (C=O) groups excluding carboxylic acids is 2. The SMILES string of the molecule is CCOc1ccccc1NC(=O)C(C)OC(=O)c1oc2ccccc2c1C. The van der Waals surface area contributed by atoms with Gasteiger partial charge in [-0.2, -0.15) is 0 Å². The molecule has 6 nitrogen and oxygen atoms in total. The van der Waals surface area contributed by atoms with E-state index in [0.29, 0.717) is 29.2 Å². The molecule has 3 aromatic rings. The monoisotopic (exact) mass is 367 g/mol. The Labute approximate surface area is 157 Å². The summed E-state index contributed by atoms with van der Waals surface area (Å²) in [6.45, 7) is 5.63. The van der Waals surface area contributed by atoms with Gasteiger partial charge in [-0.25, -0.2) is 4.79 Å². The van der Waals surface area contributed by atoms with Crippen LogP contribution in [0.4, 0.5) is 5.69 Å². The van der Waals surface area contributed by atoms with E-state index in [0.717, 1.165) is 5.39 Å². The predicted octanol–water partition coefficient (Wildman–Crippen LogP) is 4.32. The summed E-state index contributed by atoms with van der Waals surface area (Å²) in [4.78, 5) is 24.9. The smallest absolute Gasteiger partial charge is 0.375 e. The van der Waals surface area contributed by atoms with Gasteiger partial charge in [0.25, 0.3) is 5.91 Å². The van der Waals surface area contributed by atoms with Crippen LogP contribution in [0.15, 0.2) is 52.9 Å². The molecule has 27 heavy (non-hydrogen) atoms. The first-order valence-electron chi connectivity index (χ1n) is 8.73. The van der Waals surface area contributed by atoms with E-state index >= 15 is 0 Å². The number of ether oxygens (including phenoxy) is 2. The van der Waals surface area contributed by atoms with E-state index in [9.17, 15) is 9.59 Å². The topological polar surface area (TPSA) is 77.8 Å². The number of furan rings is 1. The van der Waals surface area contributed by atoms with Crippen molar-refractivity contribution >= 4 is 28.5 Å². The summed E-state index contributed by atoms with van der Waals surface area (Å²) in [5.74, 6) is -0.473. The summed E-state index contributed by atoms with van der Waals surface area (Å²) in [5, 5.41) is 3.56. The number of anilines is 1. The maximum atomic E-state index is 12.5. The molecule has 1 N–H and O–H groups in total. The van der Waals surface area contributed by atoms with Gasteiger partial charge in [-0.05, 0) is 39.0 Å². The van der Waals surface area contributed by atoms with Crippen molar-refractivity contribution < 1.29 is 23.5 Å². The molecule has 6 heteroatoms. The van der Waals surface area contributed by atoms with Crippen LogP contribution in [0.3, 0.4) is 0 Å². The van der Waals surface area contributed by atoms with Crippen molar-refractivity contribution in [3.05, 3.63) is 59.9 Å². The molecule has 1 atom stereocenters. The molecule has 2 aromatic carbocycles. The number of hydrogen-bond acceptors (Lipinski definition) is 5. The first-order valence-corrected chi connectivity index (χ1v) is 8.73. The van der Waals surface area contributed by atoms with Gasteiger partial charge in [-0.3, -0.25) is 4.79 Å². The van der Waals surface area contributed by atoms with Crippen molar-refractivity contribution in [1.29, 1.82) is 0 Å². The Morgan fingerprint density at radius 1 is 1.11 bits per heavy atom. The Morgan fingerprint density at radius 2 is 1.81 bits per heavy atom. The normalized spacial score (nSPS) is 11.8. The maximum Gasteiger partial charge on any atom is 0.375 e. The summed E-state index contributed by atoms with van der Waals surface area (Å²) < 4.78 is 16.4. The average molecular weight is 367 g/mol. The molecule has 0 aliphatic rings. The number of aryl methyl sites for hydroxylation is 1. The van der Waals surface area contributed by atoms with Gasteiger partial charge in [0.1, 0.15) is 11.3 Å². The van der Waals surface area contributed by atoms with Crippen molar-refractivity contribution in [2.75, 3.05) is 11.9 Å². The molecule has 1 heterocycles. The van der Waals surface area contributed by atoms with Gasteiger partial charge in [0, 0.05) is 10.9 Å². The molecular weight excluding hydrogens is 346 g/mol. The van der Waals surface area contributed by atoms with E-state index in [4.69, 9.17) is 13.9 Å². The molecule has 0 spiro atoms. The molecule has 0 saturated heterocycles. The lowest BCUT2D eigenvalue weighted by molar-refractivity contribution is -0.123. The van der Waals surface area contributed by atoms with E-state index in [1.54, 1.807) is 31.2 Å². The van der Waals surface area contributed by atoms with Crippen molar-refractivity contribution in [1.82, 2.24) is 0 Å². The highest BCUT2D eigenvalue weighted by atomic mass is 16.6. The number of amides is 1. The molecule has 0 radical (unpaired) electrons. The summed E-state index contributed by atoms with van der Waals surface area (Å²) in [5.41, 5.74) is 1.81. The van der Waals surface area contributed by atoms with Crippen LogP contribution in [0.25, 0.3) is 11.0 Å². The van der Waals surface area contributed by atoms with Crippen molar-refractivity contribution in [2.24, 2.45) is 0 Å². The first kappa shape index (κ1) is 18.5. The molecule has 140 valence electrons. The second kappa shape index (κ2) is 7.95. The lowest BCUT2D eigenvalue weighted by Crippen LogP contribution is -2.30. The molecule has 0 bridgehead atoms. The Bertz CT molecular complexity index is 976. The fourth-order valence-corrected chi connectivity index (χ4v) is 2.72. The zero-order valence-corrected chi connectivity index (χ0v) is 15.4. The number of carbonyl (C=O) groups is 2. The number of para-hydroxylation sites is 3. The average Bonchev–Trinajstić information content (AvgIpc) is 3.00. The molecule has 0 fully saturated rings. The fraction of sp³-hybridized carbons (Fsp3) is 0.238. The van der Waals surface area contributed by atoms with Crippen LogP contribution in [0.5, 0.6) is 5.75 Å². The molecule has 0 aliphatic heterocycles. The van der Waals surface area contributed by atoms with Gasteiger partial charge in [0.2, 0.25) is 5.76 Å². The quantitative estimate of drug-likeness (QED) is 0.656. The fourth-order valence-electron chi connectivity index (χ4n) is 2.72. The van der Waals surface area contributed by atoms with Gasteiger partial charge in [0.05, 0.1) is 12.3 Å². The maximum absolute atomic E-state index is 12.5. The minimum absolute atomic E-state index is 0.102. The van der Waals surface area contributed by atoms with Crippen molar-refractivity contribution in [3.8, 4) is 5.75 Å². The molecule has 1 aromatic heterocycles. The highest BCUT2D eigenvalue weighted by Crippen LogP contribution is 2.26. The van der Waals surface area contributed by atoms with Crippen molar-refractivity contribution in [3.63, 3.8) is 0 Å². The third-order valence-electron chi connectivity index (χ3n) is 4.13. The molecule has 0 aliphatic carbocycles. The Balaban J connectivity index is 1.71. The number of fused-ring (bicyclic) bond motifs is 1. The lowest BCUT2D eigenvalue weighted by atomic mass is 10.1. The highest BCUT2D eigenvalue weighted by Gasteiger charge is 2.24. The highest BCUT2D eigenvalue weighted by molar-refractivity contribution is 5.99. The van der Waals surface area contributed by atoms with E-state index in [1.165, 1.54) is 6.92 Å². The van der Waals surface area contributed by atoms with Gasteiger partial charge >= 0.3 is 5.97 Å². The summed E-state index contributed by atoms with van der Waals surface area (Å²) in [7, 11) is 0. The van der Waals surface area contributed by atoms with Crippen LogP contribution in [-0.2, 0) is 9.53 Å². The zero-order valence-electron chi connectivity index (χ0n) is 15.4. The van der Waals surface area contributed by atoms with E-state index in [2.05, 4.69) is 5.32 Å². The third-order valence-corrected chi connectivity index (χ3v) is 4.13. The van der Waals surface area contributed by atoms with Gasteiger partial charge in [0.15, 0.2) is 6.10 Å². The van der Waals surface area contributed by atoms with Crippen LogP contribution in [0, 0.1) is 6.92 Å². The van der Waals surface area contributed by atoms with Crippen LogP contribution < -0.4 is 10.1 Å². The van der Waals surface area contributed by atoms with Crippen LogP contribution >= 0.6 is 0 Å². The minimum atomic E-state index is -1.00. The molecule has 1 unspecified atom stereocenters. The summed E-state index contributed by atoms with van der Waals surface area (Å²) >= 11 is 0. The second-order valence-electron chi connectivity index (χ2n) is 6.02. The number of nitrogens with one attached hydrogen (secondary N) is 1.